The molecule has 1 aromatic rings. The van der Waals surface area contributed by atoms with E-state index in [4.69, 9.17) is 0 Å². The fourth-order valence-corrected chi connectivity index (χ4v) is 1.20. The largest absolute Gasteiger partial charge is 0.336 e. The van der Waals surface area contributed by atoms with Crippen LogP contribution < -0.4 is 10.6 Å². The van der Waals surface area contributed by atoms with Crippen molar-refractivity contribution in [3.05, 3.63) is 12.4 Å². The Balaban J connectivity index is 2.34. The van der Waals surface area contributed by atoms with Crippen LogP contribution in [0.25, 0.3) is 0 Å². The predicted molar refractivity (Wildman–Crippen MR) is 68.1 cm³/mol. The van der Waals surface area contributed by atoms with Crippen molar-refractivity contribution in [2.24, 2.45) is 0 Å². The van der Waals surface area contributed by atoms with Gasteiger partial charge in [-0.05, 0) is 27.9 Å². The molecule has 1 atom stereocenters. The monoisotopic (exact) mass is 239 g/mol. The fourth-order valence-electron chi connectivity index (χ4n) is 1.20. The van der Waals surface area contributed by atoms with Gasteiger partial charge in [-0.2, -0.15) is 5.10 Å². The fraction of sp³-hybridized carbons (Fsp3) is 0.636. The summed E-state index contributed by atoms with van der Waals surface area (Å²) in [7, 11) is 3.96. The molecule has 1 heterocycles. The third-order valence-corrected chi connectivity index (χ3v) is 2.65. The van der Waals surface area contributed by atoms with Crippen LogP contribution in [0.2, 0.25) is 0 Å². The molecule has 0 aliphatic carbocycles. The van der Waals surface area contributed by atoms with Crippen molar-refractivity contribution in [3.8, 4) is 0 Å². The number of carbonyl (C=O) groups excluding carboxylic acids is 1. The lowest BCUT2D eigenvalue weighted by Crippen LogP contribution is -2.40. The first kappa shape index (κ1) is 13.5. The van der Waals surface area contributed by atoms with Crippen molar-refractivity contribution in [3.63, 3.8) is 0 Å². The molecule has 0 saturated carbocycles. The number of likely N-dealkylation sites (N-methyl/N-ethyl adjacent to an activating group) is 1. The van der Waals surface area contributed by atoms with E-state index in [-0.39, 0.29) is 6.03 Å². The Kier molecular flexibility index (Phi) is 4.96. The molecule has 6 nitrogen and oxygen atoms in total. The zero-order chi connectivity index (χ0) is 12.8. The summed E-state index contributed by atoms with van der Waals surface area (Å²) in [4.78, 5) is 13.6. The number of aromatic nitrogens is 2. The van der Waals surface area contributed by atoms with Crippen molar-refractivity contribution in [1.29, 1.82) is 0 Å². The molecule has 0 bridgehead atoms. The quantitative estimate of drug-likeness (QED) is 0.805. The Morgan fingerprint density at radius 2 is 2.29 bits per heavy atom. The number of hydrogen-bond acceptors (Lipinski definition) is 3. The average Bonchev–Trinajstić information content (AvgIpc) is 2.73. The minimum atomic E-state index is -0.200. The number of nitrogens with zero attached hydrogens (tertiary/aromatic N) is 3. The molecule has 2 N–H and O–H groups in total. The van der Waals surface area contributed by atoms with E-state index in [2.05, 4.69) is 27.6 Å². The molecule has 0 aromatic carbocycles. The third kappa shape index (κ3) is 4.44. The van der Waals surface area contributed by atoms with Crippen molar-refractivity contribution in [2.75, 3.05) is 26.0 Å². The number of urea groups is 1. The first-order valence-corrected chi connectivity index (χ1v) is 5.76. The second-order valence-corrected chi connectivity index (χ2v) is 4.23. The van der Waals surface area contributed by atoms with Gasteiger partial charge in [0, 0.05) is 25.3 Å². The number of carbonyl (C=O) groups is 1. The Hall–Kier alpha value is -1.56. The van der Waals surface area contributed by atoms with Gasteiger partial charge in [0.25, 0.3) is 0 Å². The van der Waals surface area contributed by atoms with Crippen LogP contribution in [0, 0.1) is 0 Å². The van der Waals surface area contributed by atoms with E-state index in [1.807, 2.05) is 21.0 Å². The number of anilines is 1. The van der Waals surface area contributed by atoms with Crippen LogP contribution in [0.4, 0.5) is 10.5 Å². The van der Waals surface area contributed by atoms with E-state index in [1.54, 1.807) is 17.1 Å². The normalized spacial score (nSPS) is 12.5. The Bertz CT molecular complexity index is 360. The molecule has 0 radical (unpaired) electrons. The molecule has 0 fully saturated rings. The topological polar surface area (TPSA) is 62.2 Å². The highest BCUT2D eigenvalue weighted by Crippen LogP contribution is 2.03. The van der Waals surface area contributed by atoms with Gasteiger partial charge in [0.05, 0.1) is 11.9 Å². The third-order valence-electron chi connectivity index (χ3n) is 2.65. The number of aryl methyl sites for hydroxylation is 1. The highest BCUT2D eigenvalue weighted by Gasteiger charge is 2.07. The summed E-state index contributed by atoms with van der Waals surface area (Å²) in [6, 6.07) is 0.105. The van der Waals surface area contributed by atoms with E-state index >= 15 is 0 Å². The van der Waals surface area contributed by atoms with Gasteiger partial charge in [-0.3, -0.25) is 4.68 Å². The number of nitrogens with one attached hydrogen (secondary N) is 2. The van der Waals surface area contributed by atoms with Crippen LogP contribution in [0.1, 0.15) is 13.8 Å². The average molecular weight is 239 g/mol. The number of amides is 2. The van der Waals surface area contributed by atoms with E-state index in [0.717, 1.165) is 6.54 Å². The zero-order valence-electron chi connectivity index (χ0n) is 10.9. The highest BCUT2D eigenvalue weighted by atomic mass is 16.2. The molecule has 0 unspecified atom stereocenters. The van der Waals surface area contributed by atoms with Crippen molar-refractivity contribution >= 4 is 11.7 Å². The molecular weight excluding hydrogens is 218 g/mol. The van der Waals surface area contributed by atoms with Crippen LogP contribution in [-0.2, 0) is 6.54 Å². The molecule has 0 saturated heterocycles. The van der Waals surface area contributed by atoms with Crippen LogP contribution in [0.5, 0.6) is 0 Å². The van der Waals surface area contributed by atoms with Gasteiger partial charge in [-0.25, -0.2) is 4.79 Å². The van der Waals surface area contributed by atoms with Crippen molar-refractivity contribution in [2.45, 2.75) is 26.4 Å². The Labute approximate surface area is 102 Å². The van der Waals surface area contributed by atoms with Gasteiger partial charge in [-0.1, -0.05) is 0 Å². The zero-order valence-corrected chi connectivity index (χ0v) is 10.9. The first-order valence-electron chi connectivity index (χ1n) is 5.76. The molecule has 17 heavy (non-hydrogen) atoms. The maximum absolute atomic E-state index is 11.6. The molecule has 0 spiro atoms. The SMILES string of the molecule is CCn1cc(NC(=O)NC[C@H](C)N(C)C)cn1. The molecule has 2 amide bonds. The van der Waals surface area contributed by atoms with E-state index < -0.39 is 0 Å². The summed E-state index contributed by atoms with van der Waals surface area (Å²) in [5, 5.41) is 9.63. The molecule has 6 heteroatoms. The lowest BCUT2D eigenvalue weighted by Gasteiger charge is -2.19. The molecular formula is C11H21N5O. The maximum atomic E-state index is 11.6. The molecule has 0 aliphatic heterocycles. The van der Waals surface area contributed by atoms with Gasteiger partial charge in [-0.15, -0.1) is 0 Å². The Morgan fingerprint density at radius 1 is 1.59 bits per heavy atom. The number of rotatable bonds is 5. The standard InChI is InChI=1S/C11H21N5O/c1-5-16-8-10(7-13-16)14-11(17)12-6-9(2)15(3)4/h7-9H,5-6H2,1-4H3,(H2,12,14,17)/t9-/m0/s1. The summed E-state index contributed by atoms with van der Waals surface area (Å²) in [5.74, 6) is 0. The molecule has 96 valence electrons. The minimum Gasteiger partial charge on any atom is -0.336 e. The molecule has 1 rings (SSSR count). The van der Waals surface area contributed by atoms with Gasteiger partial charge in [0.2, 0.25) is 0 Å². The van der Waals surface area contributed by atoms with Gasteiger partial charge >= 0.3 is 6.03 Å². The minimum absolute atomic E-state index is 0.200. The summed E-state index contributed by atoms with van der Waals surface area (Å²) in [5.41, 5.74) is 0.710. The smallest absolute Gasteiger partial charge is 0.319 e. The summed E-state index contributed by atoms with van der Waals surface area (Å²) in [6.45, 7) is 5.45. The lowest BCUT2D eigenvalue weighted by molar-refractivity contribution is 0.245. The first-order chi connectivity index (χ1) is 8.02. The van der Waals surface area contributed by atoms with Crippen molar-refractivity contribution in [1.82, 2.24) is 20.0 Å². The second-order valence-electron chi connectivity index (χ2n) is 4.23. The van der Waals surface area contributed by atoms with Crippen LogP contribution in [-0.4, -0.2) is 47.4 Å². The van der Waals surface area contributed by atoms with E-state index in [1.165, 1.54) is 0 Å². The van der Waals surface area contributed by atoms with Crippen LogP contribution in [0.15, 0.2) is 12.4 Å². The molecule has 1 aromatic heterocycles. The van der Waals surface area contributed by atoms with Gasteiger partial charge in [0.15, 0.2) is 0 Å². The van der Waals surface area contributed by atoms with Gasteiger partial charge in [0.1, 0.15) is 0 Å². The predicted octanol–water partition coefficient (Wildman–Crippen LogP) is 0.975. The summed E-state index contributed by atoms with van der Waals surface area (Å²) in [6.07, 6.45) is 3.44. The van der Waals surface area contributed by atoms with Crippen LogP contribution >= 0.6 is 0 Å². The highest BCUT2D eigenvalue weighted by molar-refractivity contribution is 5.88. The van der Waals surface area contributed by atoms with Crippen molar-refractivity contribution < 1.29 is 4.79 Å². The summed E-state index contributed by atoms with van der Waals surface area (Å²) < 4.78 is 1.76. The van der Waals surface area contributed by atoms with Gasteiger partial charge < -0.3 is 15.5 Å². The summed E-state index contributed by atoms with van der Waals surface area (Å²) >= 11 is 0. The maximum Gasteiger partial charge on any atom is 0.319 e. The molecule has 0 aliphatic rings. The van der Waals surface area contributed by atoms with E-state index in [0.29, 0.717) is 18.3 Å². The lowest BCUT2D eigenvalue weighted by atomic mass is 10.3. The number of hydrogen-bond donors (Lipinski definition) is 2. The Morgan fingerprint density at radius 3 is 2.82 bits per heavy atom. The van der Waals surface area contributed by atoms with Crippen LogP contribution in [0.3, 0.4) is 0 Å². The van der Waals surface area contributed by atoms with E-state index in [9.17, 15) is 4.79 Å². The second kappa shape index (κ2) is 6.24.